The Balaban J connectivity index is 2.48. The van der Waals surface area contributed by atoms with E-state index >= 15 is 0 Å². The second-order valence-electron chi connectivity index (χ2n) is 4.20. The number of aromatic nitrogens is 1. The lowest BCUT2D eigenvalue weighted by atomic mass is 10.00. The monoisotopic (exact) mass is 241 g/mol. The molecule has 0 aliphatic rings. The molecule has 0 bridgehead atoms. The third kappa shape index (κ3) is 2.25. The lowest BCUT2D eigenvalue weighted by molar-refractivity contribution is 0.103. The maximum atomic E-state index is 12.4. The summed E-state index contributed by atoms with van der Waals surface area (Å²) >= 11 is 0. The molecule has 0 saturated carbocycles. The second kappa shape index (κ2) is 5.00. The van der Waals surface area contributed by atoms with Crippen molar-refractivity contribution in [2.45, 2.75) is 13.8 Å². The van der Waals surface area contributed by atoms with Gasteiger partial charge in [-0.2, -0.15) is 0 Å². The Morgan fingerprint density at radius 1 is 1.22 bits per heavy atom. The van der Waals surface area contributed by atoms with Gasteiger partial charge in [0.1, 0.15) is 5.75 Å². The van der Waals surface area contributed by atoms with Gasteiger partial charge < -0.3 is 4.74 Å². The van der Waals surface area contributed by atoms with E-state index in [9.17, 15) is 4.79 Å². The van der Waals surface area contributed by atoms with Crippen LogP contribution in [-0.2, 0) is 0 Å². The number of pyridine rings is 1. The Bertz CT molecular complexity index is 591. The number of ether oxygens (including phenoxy) is 1. The zero-order valence-electron chi connectivity index (χ0n) is 10.7. The molecule has 1 heterocycles. The fourth-order valence-electron chi connectivity index (χ4n) is 1.92. The van der Waals surface area contributed by atoms with Gasteiger partial charge in [-0.05, 0) is 31.5 Å². The van der Waals surface area contributed by atoms with E-state index in [4.69, 9.17) is 4.74 Å². The Morgan fingerprint density at radius 3 is 2.67 bits per heavy atom. The number of hydrogen-bond acceptors (Lipinski definition) is 3. The van der Waals surface area contributed by atoms with Crippen LogP contribution in [-0.4, -0.2) is 17.9 Å². The van der Waals surface area contributed by atoms with Gasteiger partial charge in [0, 0.05) is 11.8 Å². The van der Waals surface area contributed by atoms with Crippen molar-refractivity contribution < 1.29 is 9.53 Å². The summed E-state index contributed by atoms with van der Waals surface area (Å²) in [5.74, 6) is 0.396. The molecular weight excluding hydrogens is 226 g/mol. The summed E-state index contributed by atoms with van der Waals surface area (Å²) in [6, 6.07) is 9.24. The van der Waals surface area contributed by atoms with E-state index in [-0.39, 0.29) is 5.78 Å². The highest BCUT2D eigenvalue weighted by molar-refractivity contribution is 6.10. The van der Waals surface area contributed by atoms with Gasteiger partial charge in [-0.25, -0.2) is 4.98 Å². The molecule has 2 aromatic rings. The summed E-state index contributed by atoms with van der Waals surface area (Å²) in [6.45, 7) is 3.93. The third-order valence-corrected chi connectivity index (χ3v) is 2.83. The van der Waals surface area contributed by atoms with Crippen LogP contribution in [0.4, 0.5) is 0 Å². The van der Waals surface area contributed by atoms with Crippen LogP contribution in [0.25, 0.3) is 0 Å². The zero-order chi connectivity index (χ0) is 13.1. The largest absolute Gasteiger partial charge is 0.494 e. The average Bonchev–Trinajstić information content (AvgIpc) is 2.38. The first-order chi connectivity index (χ1) is 8.63. The number of aryl methyl sites for hydroxylation is 2. The normalized spacial score (nSPS) is 10.2. The van der Waals surface area contributed by atoms with Gasteiger partial charge in [-0.3, -0.25) is 4.79 Å². The van der Waals surface area contributed by atoms with E-state index in [1.165, 1.54) is 7.11 Å². The molecule has 0 amide bonds. The van der Waals surface area contributed by atoms with Gasteiger partial charge in [-0.1, -0.05) is 23.8 Å². The fraction of sp³-hybridized carbons (Fsp3) is 0.200. The number of rotatable bonds is 3. The summed E-state index contributed by atoms with van der Waals surface area (Å²) in [5.41, 5.74) is 3.11. The van der Waals surface area contributed by atoms with Gasteiger partial charge >= 0.3 is 0 Å². The summed E-state index contributed by atoms with van der Waals surface area (Å²) < 4.78 is 5.17. The molecule has 1 aromatic carbocycles. The van der Waals surface area contributed by atoms with E-state index in [2.05, 4.69) is 4.98 Å². The van der Waals surface area contributed by atoms with Crippen LogP contribution in [0.5, 0.6) is 5.75 Å². The molecule has 0 spiro atoms. The molecule has 0 N–H and O–H groups in total. The van der Waals surface area contributed by atoms with E-state index in [0.717, 1.165) is 11.1 Å². The standard InChI is InChI=1S/C15H15NO2/c1-10-6-7-12(11(2)9-10)15(17)14-13(18-3)5-4-8-16-14/h4-9H,1-3H3. The summed E-state index contributed by atoms with van der Waals surface area (Å²) in [5, 5.41) is 0. The van der Waals surface area contributed by atoms with Crippen molar-refractivity contribution in [3.05, 3.63) is 58.9 Å². The molecule has 1 aromatic heterocycles. The minimum absolute atomic E-state index is 0.107. The van der Waals surface area contributed by atoms with Crippen LogP contribution in [0.2, 0.25) is 0 Å². The molecule has 0 aliphatic carbocycles. The number of carbonyl (C=O) groups excluding carboxylic acids is 1. The van der Waals surface area contributed by atoms with Crippen LogP contribution < -0.4 is 4.74 Å². The van der Waals surface area contributed by atoms with E-state index in [0.29, 0.717) is 17.0 Å². The first-order valence-corrected chi connectivity index (χ1v) is 5.74. The van der Waals surface area contributed by atoms with E-state index in [1.54, 1.807) is 18.3 Å². The maximum Gasteiger partial charge on any atom is 0.215 e. The quantitative estimate of drug-likeness (QED) is 0.775. The molecule has 0 saturated heterocycles. The van der Waals surface area contributed by atoms with Crippen LogP contribution in [0.1, 0.15) is 27.2 Å². The molecule has 0 atom stereocenters. The van der Waals surface area contributed by atoms with Crippen molar-refractivity contribution in [2.24, 2.45) is 0 Å². The highest BCUT2D eigenvalue weighted by atomic mass is 16.5. The lowest BCUT2D eigenvalue weighted by Crippen LogP contribution is -2.08. The van der Waals surface area contributed by atoms with Gasteiger partial charge in [0.15, 0.2) is 5.69 Å². The Labute approximate surface area is 106 Å². The first-order valence-electron chi connectivity index (χ1n) is 5.74. The first kappa shape index (κ1) is 12.3. The number of carbonyl (C=O) groups is 1. The highest BCUT2D eigenvalue weighted by Gasteiger charge is 2.17. The van der Waals surface area contributed by atoms with E-state index < -0.39 is 0 Å². The molecule has 0 aliphatic heterocycles. The molecule has 0 unspecified atom stereocenters. The summed E-state index contributed by atoms with van der Waals surface area (Å²) in [6.07, 6.45) is 1.60. The Hall–Kier alpha value is -2.16. The summed E-state index contributed by atoms with van der Waals surface area (Å²) in [4.78, 5) is 16.5. The summed E-state index contributed by atoms with van der Waals surface area (Å²) in [7, 11) is 1.54. The third-order valence-electron chi connectivity index (χ3n) is 2.83. The van der Waals surface area contributed by atoms with Crippen molar-refractivity contribution in [3.63, 3.8) is 0 Å². The number of ketones is 1. The van der Waals surface area contributed by atoms with Crippen molar-refractivity contribution in [1.29, 1.82) is 0 Å². The van der Waals surface area contributed by atoms with E-state index in [1.807, 2.05) is 32.0 Å². The zero-order valence-corrected chi connectivity index (χ0v) is 10.7. The number of benzene rings is 1. The molecule has 2 rings (SSSR count). The molecule has 92 valence electrons. The van der Waals surface area contributed by atoms with Crippen LogP contribution in [0.3, 0.4) is 0 Å². The Morgan fingerprint density at radius 2 is 2.00 bits per heavy atom. The fourth-order valence-corrected chi connectivity index (χ4v) is 1.92. The van der Waals surface area contributed by atoms with Crippen molar-refractivity contribution in [2.75, 3.05) is 7.11 Å². The van der Waals surface area contributed by atoms with Crippen molar-refractivity contribution in [1.82, 2.24) is 4.98 Å². The Kier molecular flexibility index (Phi) is 3.42. The molecule has 18 heavy (non-hydrogen) atoms. The van der Waals surface area contributed by atoms with Crippen LogP contribution in [0.15, 0.2) is 36.5 Å². The SMILES string of the molecule is COc1cccnc1C(=O)c1ccc(C)cc1C. The molecule has 0 radical (unpaired) electrons. The number of methoxy groups -OCH3 is 1. The van der Waals surface area contributed by atoms with Crippen molar-refractivity contribution >= 4 is 5.78 Å². The van der Waals surface area contributed by atoms with Crippen LogP contribution in [0, 0.1) is 13.8 Å². The minimum Gasteiger partial charge on any atom is -0.494 e. The number of nitrogens with zero attached hydrogens (tertiary/aromatic N) is 1. The molecule has 3 nitrogen and oxygen atoms in total. The highest BCUT2D eigenvalue weighted by Crippen LogP contribution is 2.21. The topological polar surface area (TPSA) is 39.2 Å². The lowest BCUT2D eigenvalue weighted by Gasteiger charge is -2.08. The van der Waals surface area contributed by atoms with Gasteiger partial charge in [-0.15, -0.1) is 0 Å². The maximum absolute atomic E-state index is 12.4. The average molecular weight is 241 g/mol. The molecule has 3 heteroatoms. The van der Waals surface area contributed by atoms with Gasteiger partial charge in [0.25, 0.3) is 0 Å². The molecular formula is C15H15NO2. The van der Waals surface area contributed by atoms with Crippen LogP contribution >= 0.6 is 0 Å². The van der Waals surface area contributed by atoms with Gasteiger partial charge in [0.05, 0.1) is 7.11 Å². The predicted molar refractivity (Wildman–Crippen MR) is 70.1 cm³/mol. The molecule has 0 fully saturated rings. The van der Waals surface area contributed by atoms with Gasteiger partial charge in [0.2, 0.25) is 5.78 Å². The predicted octanol–water partition coefficient (Wildman–Crippen LogP) is 2.94. The van der Waals surface area contributed by atoms with Crippen molar-refractivity contribution in [3.8, 4) is 5.75 Å². The smallest absolute Gasteiger partial charge is 0.215 e. The number of hydrogen-bond donors (Lipinski definition) is 0. The second-order valence-corrected chi connectivity index (χ2v) is 4.20. The minimum atomic E-state index is -0.107.